The van der Waals surface area contributed by atoms with E-state index in [1.54, 1.807) is 23.5 Å². The van der Waals surface area contributed by atoms with Crippen LogP contribution in [0.2, 0.25) is 0 Å². The molecule has 2 aliphatic heterocycles. The Morgan fingerprint density at radius 3 is 1.55 bits per heavy atom. The highest BCUT2D eigenvalue weighted by atomic mass is 32.2. The number of nitrogens with zero attached hydrogens (tertiary/aromatic N) is 2. The minimum Gasteiger partial charge on any atom is -0.335 e. The molecule has 2 N–H and O–H groups in total. The van der Waals surface area contributed by atoms with Crippen molar-refractivity contribution < 1.29 is 0 Å². The Morgan fingerprint density at radius 2 is 1.25 bits per heavy atom. The molecule has 1 aromatic carbocycles. The molecule has 2 aliphatic rings. The number of anilines is 2. The molecule has 0 saturated carbocycles. The van der Waals surface area contributed by atoms with E-state index >= 15 is 0 Å². The Morgan fingerprint density at radius 1 is 0.850 bits per heavy atom. The molecule has 2 heterocycles. The summed E-state index contributed by atoms with van der Waals surface area (Å²) in [5.41, 5.74) is 2.15. The zero-order valence-electron chi connectivity index (χ0n) is 11.6. The molecule has 106 valence electrons. The van der Waals surface area contributed by atoms with Crippen molar-refractivity contribution >= 4 is 45.2 Å². The van der Waals surface area contributed by atoms with Gasteiger partial charge in [0.2, 0.25) is 0 Å². The zero-order chi connectivity index (χ0) is 13.9. The number of rotatable bonds is 2. The van der Waals surface area contributed by atoms with Crippen molar-refractivity contribution in [1.82, 2.24) is 0 Å². The maximum atomic E-state index is 4.46. The van der Waals surface area contributed by atoms with Gasteiger partial charge in [-0.2, -0.15) is 0 Å². The van der Waals surface area contributed by atoms with Gasteiger partial charge in [0.05, 0.1) is 13.1 Å². The predicted octanol–water partition coefficient (Wildman–Crippen LogP) is 3.49. The molecular weight excluding hydrogens is 288 g/mol. The second-order valence-corrected chi connectivity index (χ2v) is 7.83. The second-order valence-electron chi connectivity index (χ2n) is 4.98. The highest BCUT2D eigenvalue weighted by Crippen LogP contribution is 2.24. The minimum atomic E-state index is 0.581. The van der Waals surface area contributed by atoms with Crippen LogP contribution in [0, 0.1) is 0 Å². The number of benzene rings is 1. The highest BCUT2D eigenvalue weighted by molar-refractivity contribution is 8.15. The maximum Gasteiger partial charge on any atom is 0.161 e. The van der Waals surface area contributed by atoms with Crippen LogP contribution in [0.15, 0.2) is 34.3 Å². The van der Waals surface area contributed by atoms with Gasteiger partial charge < -0.3 is 10.6 Å². The fourth-order valence-corrected chi connectivity index (χ4v) is 3.69. The van der Waals surface area contributed by atoms with Gasteiger partial charge in [0.15, 0.2) is 10.3 Å². The molecule has 1 aromatic rings. The number of hydrogen-bond acceptors (Lipinski definition) is 6. The Labute approximate surface area is 127 Å². The molecule has 0 radical (unpaired) electrons. The minimum absolute atomic E-state index is 0.581. The van der Waals surface area contributed by atoms with E-state index in [1.807, 2.05) is 0 Å². The van der Waals surface area contributed by atoms with Gasteiger partial charge in [-0.05, 0) is 24.3 Å². The van der Waals surface area contributed by atoms with Crippen molar-refractivity contribution in [3.8, 4) is 0 Å². The Kier molecular flexibility index (Phi) is 4.21. The number of thioether (sulfide) groups is 2. The molecule has 6 heteroatoms. The highest BCUT2D eigenvalue weighted by Gasteiger charge is 2.16. The summed E-state index contributed by atoms with van der Waals surface area (Å²) < 4.78 is 0. The van der Waals surface area contributed by atoms with Crippen molar-refractivity contribution in [2.45, 2.75) is 24.3 Å². The summed E-state index contributed by atoms with van der Waals surface area (Å²) in [4.78, 5) is 8.91. The van der Waals surface area contributed by atoms with Gasteiger partial charge in [-0.15, -0.1) is 0 Å². The summed E-state index contributed by atoms with van der Waals surface area (Å²) in [6.07, 6.45) is 0. The largest absolute Gasteiger partial charge is 0.335 e. The molecule has 0 unspecified atom stereocenters. The van der Waals surface area contributed by atoms with E-state index in [0.717, 1.165) is 34.8 Å². The van der Waals surface area contributed by atoms with E-state index in [0.29, 0.717) is 10.5 Å². The molecule has 0 aliphatic carbocycles. The van der Waals surface area contributed by atoms with Crippen LogP contribution in [0.4, 0.5) is 11.4 Å². The smallest absolute Gasteiger partial charge is 0.161 e. The first-order valence-electron chi connectivity index (χ1n) is 6.75. The first-order chi connectivity index (χ1) is 9.69. The third-order valence-electron chi connectivity index (χ3n) is 3.00. The number of hydrogen-bond donors (Lipinski definition) is 2. The van der Waals surface area contributed by atoms with Gasteiger partial charge in [-0.3, -0.25) is 9.98 Å². The lowest BCUT2D eigenvalue weighted by Crippen LogP contribution is -2.07. The van der Waals surface area contributed by atoms with Crippen LogP contribution in [0.1, 0.15) is 13.8 Å². The van der Waals surface area contributed by atoms with Crippen molar-refractivity contribution in [2.24, 2.45) is 9.98 Å². The molecule has 0 spiro atoms. The standard InChI is InChI=1S/C14H18N4S2/c1-9-7-15-13(19-9)17-11-3-5-12(6-4-11)18-14-16-8-10(2)20-14/h3-6,9-10H,7-8H2,1-2H3,(H,15,17)(H,16,18)/t9-,10-/m0/s1. The van der Waals surface area contributed by atoms with Crippen molar-refractivity contribution in [2.75, 3.05) is 23.7 Å². The molecule has 0 fully saturated rings. The molecule has 0 amide bonds. The molecule has 2 atom stereocenters. The summed E-state index contributed by atoms with van der Waals surface area (Å²) in [5, 5.41) is 9.89. The average molecular weight is 306 g/mol. The van der Waals surface area contributed by atoms with E-state index in [9.17, 15) is 0 Å². The molecule has 0 bridgehead atoms. The van der Waals surface area contributed by atoms with E-state index in [-0.39, 0.29) is 0 Å². The summed E-state index contributed by atoms with van der Waals surface area (Å²) in [7, 11) is 0. The Hall–Kier alpha value is -1.14. The van der Waals surface area contributed by atoms with Gasteiger partial charge in [-0.25, -0.2) is 0 Å². The molecule has 3 rings (SSSR count). The van der Waals surface area contributed by atoms with E-state index in [1.165, 1.54) is 0 Å². The second kappa shape index (κ2) is 6.10. The normalized spacial score (nSPS) is 25.3. The SMILES string of the molecule is C[C@H]1CN=C(Nc2ccc(NC3=NC[C@H](C)S3)cc2)S1. The predicted molar refractivity (Wildman–Crippen MR) is 92.4 cm³/mol. The fraction of sp³-hybridized carbons (Fsp3) is 0.429. The molecule has 20 heavy (non-hydrogen) atoms. The van der Waals surface area contributed by atoms with Crippen molar-refractivity contribution in [3.05, 3.63) is 24.3 Å². The molecule has 4 nitrogen and oxygen atoms in total. The van der Waals surface area contributed by atoms with Crippen molar-refractivity contribution in [3.63, 3.8) is 0 Å². The Bertz CT molecular complexity index is 490. The fourth-order valence-electron chi connectivity index (χ4n) is 1.97. The van der Waals surface area contributed by atoms with Crippen LogP contribution >= 0.6 is 23.5 Å². The molecular formula is C14H18N4S2. The summed E-state index contributed by atoms with van der Waals surface area (Å²) in [5.74, 6) is 0. The van der Waals surface area contributed by atoms with Crippen LogP contribution in [0.25, 0.3) is 0 Å². The van der Waals surface area contributed by atoms with Crippen LogP contribution in [-0.2, 0) is 0 Å². The number of aliphatic imine (C=N–C) groups is 2. The van der Waals surface area contributed by atoms with E-state index in [2.05, 4.69) is 58.7 Å². The monoisotopic (exact) mass is 306 g/mol. The van der Waals surface area contributed by atoms with Gasteiger partial charge in [0.1, 0.15) is 0 Å². The van der Waals surface area contributed by atoms with Gasteiger partial charge in [-0.1, -0.05) is 37.4 Å². The van der Waals surface area contributed by atoms with Gasteiger partial charge in [0.25, 0.3) is 0 Å². The van der Waals surface area contributed by atoms with Gasteiger partial charge in [0, 0.05) is 21.9 Å². The summed E-state index contributed by atoms with van der Waals surface area (Å²) in [6, 6.07) is 8.27. The molecule has 0 aromatic heterocycles. The quantitative estimate of drug-likeness (QED) is 0.878. The van der Waals surface area contributed by atoms with E-state index in [4.69, 9.17) is 0 Å². The maximum absolute atomic E-state index is 4.46. The Balaban J connectivity index is 1.57. The average Bonchev–Trinajstić information content (AvgIpc) is 3.01. The lowest BCUT2D eigenvalue weighted by molar-refractivity contribution is 0.976. The van der Waals surface area contributed by atoms with Crippen LogP contribution < -0.4 is 10.6 Å². The first kappa shape index (κ1) is 13.8. The topological polar surface area (TPSA) is 48.8 Å². The van der Waals surface area contributed by atoms with Crippen LogP contribution in [0.5, 0.6) is 0 Å². The summed E-state index contributed by atoms with van der Waals surface area (Å²) >= 11 is 3.58. The zero-order valence-corrected chi connectivity index (χ0v) is 13.2. The lowest BCUT2D eigenvalue weighted by Gasteiger charge is -2.09. The lowest BCUT2D eigenvalue weighted by atomic mass is 10.3. The summed E-state index contributed by atoms with van der Waals surface area (Å²) in [6.45, 7) is 6.19. The first-order valence-corrected chi connectivity index (χ1v) is 8.51. The third kappa shape index (κ3) is 3.49. The van der Waals surface area contributed by atoms with Gasteiger partial charge >= 0.3 is 0 Å². The van der Waals surface area contributed by atoms with Crippen molar-refractivity contribution in [1.29, 1.82) is 0 Å². The molecule has 0 saturated heterocycles. The van der Waals surface area contributed by atoms with E-state index < -0.39 is 0 Å². The van der Waals surface area contributed by atoms with Crippen LogP contribution in [-0.4, -0.2) is 33.9 Å². The number of amidine groups is 2. The number of nitrogens with one attached hydrogen (secondary N) is 2. The third-order valence-corrected chi connectivity index (χ3v) is 5.01. The van der Waals surface area contributed by atoms with Crippen LogP contribution in [0.3, 0.4) is 0 Å².